The molecule has 0 aliphatic carbocycles. The van der Waals surface area contributed by atoms with Crippen LogP contribution in [0.4, 0.5) is 0 Å². The van der Waals surface area contributed by atoms with E-state index in [1.807, 2.05) is 17.5 Å². The van der Waals surface area contributed by atoms with E-state index in [4.69, 9.17) is 4.74 Å². The average molecular weight is 367 g/mol. The Labute approximate surface area is 144 Å². The first kappa shape index (κ1) is 18.2. The molecular formula is C16H17NO5S2. The van der Waals surface area contributed by atoms with Crippen LogP contribution in [-0.2, 0) is 25.9 Å². The average Bonchev–Trinajstić information content (AvgIpc) is 3.11. The van der Waals surface area contributed by atoms with Crippen molar-refractivity contribution in [1.29, 1.82) is 0 Å². The van der Waals surface area contributed by atoms with Gasteiger partial charge in [-0.05, 0) is 23.6 Å². The number of nitrogens with one attached hydrogen (secondary N) is 1. The van der Waals surface area contributed by atoms with Gasteiger partial charge in [-0.25, -0.2) is 13.2 Å². The highest BCUT2D eigenvalue weighted by Gasteiger charge is 2.22. The molecule has 0 saturated heterocycles. The summed E-state index contributed by atoms with van der Waals surface area (Å²) in [5, 5.41) is 4.52. The van der Waals surface area contributed by atoms with Gasteiger partial charge in [-0.15, -0.1) is 11.3 Å². The molecule has 24 heavy (non-hydrogen) atoms. The van der Waals surface area contributed by atoms with Crippen molar-refractivity contribution in [3.63, 3.8) is 0 Å². The van der Waals surface area contributed by atoms with Crippen LogP contribution in [0.5, 0.6) is 0 Å². The van der Waals surface area contributed by atoms with Gasteiger partial charge in [0.1, 0.15) is 0 Å². The largest absolute Gasteiger partial charge is 0.452 e. The van der Waals surface area contributed by atoms with E-state index >= 15 is 0 Å². The molecule has 0 fully saturated rings. The van der Waals surface area contributed by atoms with E-state index in [0.717, 1.165) is 4.88 Å². The molecule has 2 aromatic rings. The van der Waals surface area contributed by atoms with Crippen LogP contribution in [0.3, 0.4) is 0 Å². The number of esters is 1. The fourth-order valence-electron chi connectivity index (χ4n) is 1.92. The van der Waals surface area contributed by atoms with Crippen LogP contribution in [0, 0.1) is 0 Å². The molecule has 1 heterocycles. The van der Waals surface area contributed by atoms with Crippen molar-refractivity contribution in [2.75, 3.05) is 12.4 Å². The van der Waals surface area contributed by atoms with E-state index in [-0.39, 0.29) is 16.2 Å². The monoisotopic (exact) mass is 367 g/mol. The molecule has 0 atom stereocenters. The van der Waals surface area contributed by atoms with Gasteiger partial charge in [0.15, 0.2) is 16.4 Å². The lowest BCUT2D eigenvalue weighted by molar-refractivity contribution is -0.124. The number of amides is 1. The van der Waals surface area contributed by atoms with E-state index in [2.05, 4.69) is 5.32 Å². The van der Waals surface area contributed by atoms with E-state index in [1.165, 1.54) is 36.5 Å². The Morgan fingerprint density at radius 3 is 2.58 bits per heavy atom. The van der Waals surface area contributed by atoms with Crippen molar-refractivity contribution in [2.45, 2.75) is 18.4 Å². The highest BCUT2D eigenvalue weighted by Crippen LogP contribution is 2.18. The number of ether oxygens (including phenoxy) is 1. The number of hydrogen-bond acceptors (Lipinski definition) is 6. The summed E-state index contributed by atoms with van der Waals surface area (Å²) < 4.78 is 29.0. The molecule has 0 radical (unpaired) electrons. The number of sulfone groups is 1. The molecule has 1 amide bonds. The second-order valence-corrected chi connectivity index (χ2v) is 8.11. The minimum Gasteiger partial charge on any atom is -0.452 e. The Bertz CT molecular complexity index is 813. The maximum absolute atomic E-state index is 12.1. The third-order valence-corrected chi connectivity index (χ3v) is 5.86. The van der Waals surface area contributed by atoms with Gasteiger partial charge in [0.25, 0.3) is 5.91 Å². The normalized spacial score (nSPS) is 11.0. The predicted octanol–water partition coefficient (Wildman–Crippen LogP) is 2.01. The molecule has 0 saturated carbocycles. The van der Waals surface area contributed by atoms with Crippen molar-refractivity contribution >= 4 is 33.1 Å². The lowest BCUT2D eigenvalue weighted by Gasteiger charge is -2.09. The van der Waals surface area contributed by atoms with Crippen LogP contribution < -0.4 is 5.32 Å². The molecule has 6 nitrogen and oxygen atoms in total. The highest BCUT2D eigenvalue weighted by molar-refractivity contribution is 7.91. The van der Waals surface area contributed by atoms with Crippen LogP contribution in [0.1, 0.15) is 22.2 Å². The maximum atomic E-state index is 12.1. The number of thiophene rings is 1. The smallest absolute Gasteiger partial charge is 0.339 e. The summed E-state index contributed by atoms with van der Waals surface area (Å²) in [6.07, 6.45) is 0. The third kappa shape index (κ3) is 4.65. The van der Waals surface area contributed by atoms with Crippen LogP contribution in [-0.4, -0.2) is 32.7 Å². The molecule has 0 aliphatic rings. The third-order valence-electron chi connectivity index (χ3n) is 3.20. The van der Waals surface area contributed by atoms with E-state index in [0.29, 0.717) is 6.54 Å². The molecule has 2 rings (SSSR count). The SMILES string of the molecule is CCS(=O)(=O)c1ccccc1C(=O)OCC(=O)NCc1cccs1. The molecule has 1 aromatic carbocycles. The summed E-state index contributed by atoms with van der Waals surface area (Å²) in [7, 11) is -3.55. The van der Waals surface area contributed by atoms with Crippen molar-refractivity contribution in [3.8, 4) is 0 Å². The first-order chi connectivity index (χ1) is 11.4. The Balaban J connectivity index is 1.97. The standard InChI is InChI=1S/C16H17NO5S2/c1-2-24(20,21)14-8-4-3-7-13(14)16(19)22-11-15(18)17-10-12-6-5-9-23-12/h3-9H,2,10-11H2,1H3,(H,17,18). The molecule has 1 N–H and O–H groups in total. The number of carbonyl (C=O) groups is 2. The van der Waals surface area contributed by atoms with Crippen LogP contribution in [0.25, 0.3) is 0 Å². The predicted molar refractivity (Wildman–Crippen MR) is 90.6 cm³/mol. The first-order valence-electron chi connectivity index (χ1n) is 7.22. The topological polar surface area (TPSA) is 89.5 Å². The second kappa shape index (κ2) is 8.07. The van der Waals surface area contributed by atoms with Crippen molar-refractivity contribution < 1.29 is 22.7 Å². The van der Waals surface area contributed by atoms with Gasteiger partial charge in [-0.3, -0.25) is 4.79 Å². The van der Waals surface area contributed by atoms with Gasteiger partial charge in [0, 0.05) is 4.88 Å². The van der Waals surface area contributed by atoms with E-state index in [1.54, 1.807) is 6.07 Å². The number of carbonyl (C=O) groups excluding carboxylic acids is 2. The van der Waals surface area contributed by atoms with Crippen LogP contribution >= 0.6 is 11.3 Å². The molecule has 0 aliphatic heterocycles. The number of benzene rings is 1. The van der Waals surface area contributed by atoms with E-state index in [9.17, 15) is 18.0 Å². The Morgan fingerprint density at radius 1 is 1.17 bits per heavy atom. The van der Waals surface area contributed by atoms with Gasteiger partial charge >= 0.3 is 5.97 Å². The molecule has 0 spiro atoms. The van der Waals surface area contributed by atoms with Crippen molar-refractivity contribution in [3.05, 3.63) is 52.2 Å². The zero-order chi connectivity index (χ0) is 17.6. The van der Waals surface area contributed by atoms with Gasteiger partial charge in [-0.1, -0.05) is 25.1 Å². The van der Waals surface area contributed by atoms with Crippen LogP contribution in [0.15, 0.2) is 46.7 Å². The number of rotatable bonds is 7. The number of hydrogen-bond donors (Lipinski definition) is 1. The van der Waals surface area contributed by atoms with E-state index < -0.39 is 28.3 Å². The fourth-order valence-corrected chi connectivity index (χ4v) is 3.65. The molecule has 128 valence electrons. The molecule has 1 aromatic heterocycles. The minimum absolute atomic E-state index is 0.0644. The van der Waals surface area contributed by atoms with Crippen molar-refractivity contribution in [2.24, 2.45) is 0 Å². The maximum Gasteiger partial charge on any atom is 0.339 e. The molecular weight excluding hydrogens is 350 g/mol. The summed E-state index contributed by atoms with van der Waals surface area (Å²) in [5.74, 6) is -1.42. The Kier molecular flexibility index (Phi) is 6.10. The minimum atomic E-state index is -3.55. The summed E-state index contributed by atoms with van der Waals surface area (Å²) in [6, 6.07) is 9.55. The second-order valence-electron chi connectivity index (χ2n) is 4.83. The molecule has 0 unspecified atom stereocenters. The van der Waals surface area contributed by atoms with Gasteiger partial charge in [0.05, 0.1) is 22.8 Å². The lowest BCUT2D eigenvalue weighted by atomic mass is 10.2. The molecule has 0 bridgehead atoms. The van der Waals surface area contributed by atoms with Crippen LogP contribution in [0.2, 0.25) is 0 Å². The molecule has 8 heteroatoms. The van der Waals surface area contributed by atoms with Gasteiger partial charge in [0.2, 0.25) is 0 Å². The fraction of sp³-hybridized carbons (Fsp3) is 0.250. The summed E-state index contributed by atoms with van der Waals surface area (Å²) in [5.41, 5.74) is -0.0644. The highest BCUT2D eigenvalue weighted by atomic mass is 32.2. The Hall–Kier alpha value is -2.19. The summed E-state index contributed by atoms with van der Waals surface area (Å²) in [4.78, 5) is 24.7. The zero-order valence-electron chi connectivity index (χ0n) is 13.0. The van der Waals surface area contributed by atoms with Crippen molar-refractivity contribution in [1.82, 2.24) is 5.32 Å². The Morgan fingerprint density at radius 2 is 1.92 bits per heavy atom. The van der Waals surface area contributed by atoms with Gasteiger partial charge in [-0.2, -0.15) is 0 Å². The zero-order valence-corrected chi connectivity index (χ0v) is 14.7. The van der Waals surface area contributed by atoms with Gasteiger partial charge < -0.3 is 10.1 Å². The summed E-state index contributed by atoms with van der Waals surface area (Å²) in [6.45, 7) is 1.38. The quantitative estimate of drug-likeness (QED) is 0.756. The first-order valence-corrected chi connectivity index (χ1v) is 9.75. The lowest BCUT2D eigenvalue weighted by Crippen LogP contribution is -2.28. The summed E-state index contributed by atoms with van der Waals surface area (Å²) >= 11 is 1.50.